The summed E-state index contributed by atoms with van der Waals surface area (Å²) >= 11 is 1.49. The van der Waals surface area contributed by atoms with E-state index in [1.807, 2.05) is 40.2 Å². The Bertz CT molecular complexity index is 1150. The minimum absolute atomic E-state index is 0.0263. The second-order valence-corrected chi connectivity index (χ2v) is 7.45. The Labute approximate surface area is 171 Å². The van der Waals surface area contributed by atoms with Crippen LogP contribution in [0.4, 0.5) is 4.39 Å². The van der Waals surface area contributed by atoms with Gasteiger partial charge in [0.1, 0.15) is 11.6 Å². The molecular weight excluding hydrogens is 389 g/mol. The highest BCUT2D eigenvalue weighted by atomic mass is 32.1. The summed E-state index contributed by atoms with van der Waals surface area (Å²) in [5.74, 6) is 0.446. The van der Waals surface area contributed by atoms with Crippen LogP contribution in [-0.2, 0) is 17.8 Å². The number of nitrogens with zero attached hydrogens (tertiary/aromatic N) is 2. The summed E-state index contributed by atoms with van der Waals surface area (Å²) in [5, 5.41) is 4.92. The molecule has 0 unspecified atom stereocenters. The van der Waals surface area contributed by atoms with Crippen molar-refractivity contribution in [2.75, 3.05) is 7.11 Å². The van der Waals surface area contributed by atoms with Crippen LogP contribution in [0.25, 0.3) is 16.2 Å². The number of hydrogen-bond donors (Lipinski definition) is 1. The molecule has 2 aromatic heterocycles. The molecule has 0 fully saturated rings. The molecule has 4 rings (SSSR count). The van der Waals surface area contributed by atoms with Crippen molar-refractivity contribution in [1.29, 1.82) is 0 Å². The first-order valence-electron chi connectivity index (χ1n) is 9.24. The van der Waals surface area contributed by atoms with Crippen LogP contribution >= 0.6 is 11.3 Å². The van der Waals surface area contributed by atoms with Gasteiger partial charge in [-0.1, -0.05) is 24.3 Å². The van der Waals surface area contributed by atoms with Gasteiger partial charge in [0, 0.05) is 35.8 Å². The zero-order chi connectivity index (χ0) is 20.2. The number of benzene rings is 2. The number of rotatable bonds is 7. The van der Waals surface area contributed by atoms with Crippen LogP contribution < -0.4 is 10.1 Å². The third kappa shape index (κ3) is 4.30. The number of hydrogen-bond acceptors (Lipinski definition) is 4. The summed E-state index contributed by atoms with van der Waals surface area (Å²) in [6, 6.07) is 14.2. The summed E-state index contributed by atoms with van der Waals surface area (Å²) in [6.07, 6.45) is 2.77. The second kappa shape index (κ2) is 8.45. The van der Waals surface area contributed by atoms with Gasteiger partial charge in [0.15, 0.2) is 4.96 Å². The number of aromatic nitrogens is 2. The average Bonchev–Trinajstić information content (AvgIpc) is 3.32. The predicted molar refractivity (Wildman–Crippen MR) is 112 cm³/mol. The number of fused-ring (bicyclic) bond motifs is 1. The molecular formula is C22H20FN3O2S. The maximum absolute atomic E-state index is 14.0. The van der Waals surface area contributed by atoms with Crippen molar-refractivity contribution in [3.63, 3.8) is 0 Å². The molecule has 2 heterocycles. The van der Waals surface area contributed by atoms with Crippen LogP contribution in [0, 0.1) is 5.82 Å². The Morgan fingerprint density at radius 2 is 2.10 bits per heavy atom. The van der Waals surface area contributed by atoms with Gasteiger partial charge in [-0.15, -0.1) is 11.3 Å². The lowest BCUT2D eigenvalue weighted by Crippen LogP contribution is -2.23. The number of carbonyl (C=O) groups excluding carboxylic acids is 1. The maximum atomic E-state index is 14.0. The van der Waals surface area contributed by atoms with E-state index in [1.54, 1.807) is 25.3 Å². The van der Waals surface area contributed by atoms with Crippen LogP contribution in [0.1, 0.15) is 17.7 Å². The van der Waals surface area contributed by atoms with E-state index in [1.165, 1.54) is 17.4 Å². The van der Waals surface area contributed by atoms with Gasteiger partial charge in [0.2, 0.25) is 5.91 Å². The first-order valence-corrected chi connectivity index (χ1v) is 10.1. The number of ether oxygens (including phenoxy) is 1. The van der Waals surface area contributed by atoms with Crippen molar-refractivity contribution in [2.45, 2.75) is 19.4 Å². The molecule has 5 nitrogen and oxygen atoms in total. The maximum Gasteiger partial charge on any atom is 0.220 e. The molecule has 4 aromatic rings. The summed E-state index contributed by atoms with van der Waals surface area (Å²) < 4.78 is 21.2. The number of nitrogens with one attached hydrogen (secondary N) is 1. The highest BCUT2D eigenvalue weighted by Crippen LogP contribution is 2.26. The monoisotopic (exact) mass is 409 g/mol. The molecule has 0 aliphatic rings. The Hall–Kier alpha value is -3.19. The zero-order valence-corrected chi connectivity index (χ0v) is 16.7. The molecule has 0 atom stereocenters. The molecule has 0 bridgehead atoms. The lowest BCUT2D eigenvalue weighted by molar-refractivity contribution is -0.121. The van der Waals surface area contributed by atoms with Crippen molar-refractivity contribution in [3.05, 3.63) is 77.2 Å². The van der Waals surface area contributed by atoms with Gasteiger partial charge in [-0.2, -0.15) is 0 Å². The summed E-state index contributed by atoms with van der Waals surface area (Å²) in [7, 11) is 1.62. The molecule has 0 saturated carbocycles. The summed E-state index contributed by atoms with van der Waals surface area (Å²) in [4.78, 5) is 17.6. The van der Waals surface area contributed by atoms with Crippen molar-refractivity contribution >= 4 is 22.2 Å². The van der Waals surface area contributed by atoms with E-state index in [9.17, 15) is 9.18 Å². The lowest BCUT2D eigenvalue weighted by atomic mass is 10.1. The van der Waals surface area contributed by atoms with E-state index in [4.69, 9.17) is 4.74 Å². The van der Waals surface area contributed by atoms with Gasteiger partial charge in [-0.05, 0) is 36.2 Å². The highest BCUT2D eigenvalue weighted by molar-refractivity contribution is 7.15. The molecule has 0 saturated heterocycles. The second-order valence-electron chi connectivity index (χ2n) is 6.61. The Morgan fingerprint density at radius 1 is 1.24 bits per heavy atom. The number of thiazole rings is 1. The highest BCUT2D eigenvalue weighted by Gasteiger charge is 2.13. The number of carbonyl (C=O) groups is 1. The first kappa shape index (κ1) is 19.1. The molecule has 7 heteroatoms. The predicted octanol–water partition coefficient (Wildman–Crippen LogP) is 4.46. The summed E-state index contributed by atoms with van der Waals surface area (Å²) in [5.41, 5.74) is 3.04. The van der Waals surface area contributed by atoms with Crippen molar-refractivity contribution in [2.24, 2.45) is 0 Å². The molecule has 1 N–H and O–H groups in total. The number of halogens is 1. The molecule has 0 aliphatic carbocycles. The zero-order valence-electron chi connectivity index (χ0n) is 15.9. The first-order chi connectivity index (χ1) is 14.1. The molecule has 2 aromatic carbocycles. The lowest BCUT2D eigenvalue weighted by Gasteiger charge is -2.07. The number of amides is 1. The normalized spacial score (nSPS) is 11.0. The fourth-order valence-corrected chi connectivity index (χ4v) is 4.03. The van der Waals surface area contributed by atoms with E-state index in [-0.39, 0.29) is 11.7 Å². The fourth-order valence-electron chi connectivity index (χ4n) is 3.12. The largest absolute Gasteiger partial charge is 0.497 e. The van der Waals surface area contributed by atoms with Crippen LogP contribution in [0.5, 0.6) is 5.75 Å². The van der Waals surface area contributed by atoms with E-state index in [0.29, 0.717) is 30.6 Å². The van der Waals surface area contributed by atoms with Gasteiger partial charge in [0.05, 0.1) is 12.8 Å². The van der Waals surface area contributed by atoms with Crippen molar-refractivity contribution in [3.8, 4) is 17.0 Å². The molecule has 148 valence electrons. The molecule has 29 heavy (non-hydrogen) atoms. The number of aryl methyl sites for hydroxylation is 1. The Kier molecular flexibility index (Phi) is 5.57. The number of imidazole rings is 1. The van der Waals surface area contributed by atoms with Crippen LogP contribution in [0.2, 0.25) is 0 Å². The molecule has 1 amide bonds. The third-order valence-electron chi connectivity index (χ3n) is 4.67. The van der Waals surface area contributed by atoms with Crippen LogP contribution in [-0.4, -0.2) is 22.4 Å². The van der Waals surface area contributed by atoms with E-state index in [0.717, 1.165) is 22.0 Å². The van der Waals surface area contributed by atoms with E-state index >= 15 is 0 Å². The fraction of sp³-hybridized carbons (Fsp3) is 0.182. The summed E-state index contributed by atoms with van der Waals surface area (Å²) in [6.45, 7) is 0.456. The smallest absolute Gasteiger partial charge is 0.220 e. The van der Waals surface area contributed by atoms with Gasteiger partial charge in [-0.25, -0.2) is 9.37 Å². The van der Waals surface area contributed by atoms with Crippen molar-refractivity contribution < 1.29 is 13.9 Å². The molecule has 0 aliphatic heterocycles. The third-order valence-corrected chi connectivity index (χ3v) is 5.55. The van der Waals surface area contributed by atoms with E-state index in [2.05, 4.69) is 10.3 Å². The van der Waals surface area contributed by atoms with Gasteiger partial charge >= 0.3 is 0 Å². The van der Waals surface area contributed by atoms with Crippen molar-refractivity contribution in [1.82, 2.24) is 14.7 Å². The van der Waals surface area contributed by atoms with Gasteiger partial charge < -0.3 is 10.1 Å². The van der Waals surface area contributed by atoms with Crippen LogP contribution in [0.15, 0.2) is 60.1 Å². The quantitative estimate of drug-likeness (QED) is 0.490. The molecule has 0 radical (unpaired) electrons. The van der Waals surface area contributed by atoms with Gasteiger partial charge in [0.25, 0.3) is 0 Å². The van der Waals surface area contributed by atoms with E-state index < -0.39 is 0 Å². The molecule has 0 spiro atoms. The standard InChI is InChI=1S/C22H20FN3O2S/c1-28-17-6-4-5-15(11-17)12-24-21(27)10-9-16-14-29-22-25-20(13-26(16)22)18-7-2-3-8-19(18)23/h2-8,11,13-14H,9-10,12H2,1H3,(H,24,27). The number of methoxy groups -OCH3 is 1. The average molecular weight is 409 g/mol. The van der Waals surface area contributed by atoms with Gasteiger partial charge in [-0.3, -0.25) is 9.20 Å². The Morgan fingerprint density at radius 3 is 2.93 bits per heavy atom. The van der Waals surface area contributed by atoms with Crippen LogP contribution in [0.3, 0.4) is 0 Å². The minimum atomic E-state index is -0.295. The topological polar surface area (TPSA) is 55.6 Å². The Balaban J connectivity index is 1.39. The SMILES string of the molecule is COc1cccc(CNC(=O)CCc2csc3nc(-c4ccccc4F)cn23)c1. The minimum Gasteiger partial charge on any atom is -0.497 e.